The highest BCUT2D eigenvalue weighted by molar-refractivity contribution is 6.39. The molecule has 4 heteroatoms. The number of halogens is 2. The largest absolute Gasteiger partial charge is 0.322 e. The molecule has 1 atom stereocenters. The van der Waals surface area contributed by atoms with Gasteiger partial charge in [0, 0.05) is 22.7 Å². The number of fused-ring (bicyclic) bond motifs is 6. The molecule has 2 heterocycles. The molecule has 2 aliphatic heterocycles. The molecule has 2 aliphatic rings. The van der Waals surface area contributed by atoms with Crippen LogP contribution in [0.5, 0.6) is 0 Å². The van der Waals surface area contributed by atoms with E-state index in [1.807, 2.05) is 18.2 Å². The van der Waals surface area contributed by atoms with Crippen molar-refractivity contribution in [2.45, 2.75) is 19.4 Å². The Labute approximate surface area is 134 Å². The van der Waals surface area contributed by atoms with Crippen LogP contribution < -0.4 is 4.90 Å². The van der Waals surface area contributed by atoms with Gasteiger partial charge < -0.3 is 4.90 Å². The summed E-state index contributed by atoms with van der Waals surface area (Å²) in [6.07, 6.45) is 1.03. The molecule has 0 N–H and O–H groups in total. The number of hydrogen-bond acceptors (Lipinski definition) is 2. The molecule has 2 aromatic rings. The summed E-state index contributed by atoms with van der Waals surface area (Å²) in [6.45, 7) is 3.05. The molecular weight excluding hydrogens is 303 g/mol. The van der Waals surface area contributed by atoms with Gasteiger partial charge in [-0.2, -0.15) is 0 Å². The van der Waals surface area contributed by atoms with E-state index < -0.39 is 0 Å². The third-order valence-corrected chi connectivity index (χ3v) is 4.69. The standard InChI is InChI=1S/C17H14Cl2N2/c1-2-11-9-21-16-14(7-10(18)8-15(16)19)12-5-3-4-6-13(12)17(21)20-11/h3-8,11H,2,9H2,1H3/t11-/m1/s1. The van der Waals surface area contributed by atoms with E-state index in [-0.39, 0.29) is 0 Å². The zero-order chi connectivity index (χ0) is 14.6. The Hall–Kier alpha value is -1.51. The summed E-state index contributed by atoms with van der Waals surface area (Å²) in [7, 11) is 0. The van der Waals surface area contributed by atoms with Crippen LogP contribution in [0.15, 0.2) is 41.4 Å². The quantitative estimate of drug-likeness (QED) is 0.721. The van der Waals surface area contributed by atoms with Crippen molar-refractivity contribution in [2.75, 3.05) is 11.4 Å². The second-order valence-electron chi connectivity index (χ2n) is 5.45. The number of benzene rings is 2. The van der Waals surface area contributed by atoms with E-state index in [9.17, 15) is 0 Å². The summed E-state index contributed by atoms with van der Waals surface area (Å²) in [5.41, 5.74) is 4.45. The smallest absolute Gasteiger partial charge is 0.136 e. The number of rotatable bonds is 1. The molecule has 0 amide bonds. The third-order valence-electron chi connectivity index (χ3n) is 4.18. The number of nitrogens with zero attached hydrogens (tertiary/aromatic N) is 2. The molecule has 0 radical (unpaired) electrons. The van der Waals surface area contributed by atoms with E-state index in [1.165, 1.54) is 5.56 Å². The number of hydrogen-bond donors (Lipinski definition) is 0. The van der Waals surface area contributed by atoms with Gasteiger partial charge >= 0.3 is 0 Å². The summed E-state index contributed by atoms with van der Waals surface area (Å²) in [5, 5.41) is 1.36. The van der Waals surface area contributed by atoms with Crippen LogP contribution in [0, 0.1) is 0 Å². The second kappa shape index (κ2) is 4.75. The van der Waals surface area contributed by atoms with Crippen molar-refractivity contribution in [3.63, 3.8) is 0 Å². The average Bonchev–Trinajstić information content (AvgIpc) is 2.91. The Kier molecular flexibility index (Phi) is 2.98. The maximum Gasteiger partial charge on any atom is 0.136 e. The first-order valence-electron chi connectivity index (χ1n) is 7.13. The highest BCUT2D eigenvalue weighted by Gasteiger charge is 2.35. The van der Waals surface area contributed by atoms with Crippen molar-refractivity contribution in [2.24, 2.45) is 4.99 Å². The van der Waals surface area contributed by atoms with Gasteiger partial charge in [-0.1, -0.05) is 54.4 Å². The van der Waals surface area contributed by atoms with Gasteiger partial charge in [0.1, 0.15) is 5.84 Å². The first kappa shape index (κ1) is 13.2. The Morgan fingerprint density at radius 3 is 2.67 bits per heavy atom. The van der Waals surface area contributed by atoms with E-state index in [4.69, 9.17) is 28.2 Å². The first-order valence-corrected chi connectivity index (χ1v) is 7.88. The summed E-state index contributed by atoms with van der Waals surface area (Å²) in [4.78, 5) is 7.12. The monoisotopic (exact) mass is 316 g/mol. The fourth-order valence-corrected chi connectivity index (χ4v) is 3.77. The van der Waals surface area contributed by atoms with E-state index in [0.29, 0.717) is 16.1 Å². The lowest BCUT2D eigenvalue weighted by Crippen LogP contribution is -2.33. The lowest BCUT2D eigenvalue weighted by Gasteiger charge is -2.31. The lowest BCUT2D eigenvalue weighted by atomic mass is 9.93. The minimum atomic E-state index is 0.325. The van der Waals surface area contributed by atoms with Crippen LogP contribution in [0.4, 0.5) is 5.69 Å². The first-order chi connectivity index (χ1) is 10.2. The van der Waals surface area contributed by atoms with E-state index in [1.54, 1.807) is 0 Å². The maximum absolute atomic E-state index is 6.49. The zero-order valence-corrected chi connectivity index (χ0v) is 13.1. The highest BCUT2D eigenvalue weighted by atomic mass is 35.5. The molecule has 4 rings (SSSR count). The van der Waals surface area contributed by atoms with Gasteiger partial charge in [-0.3, -0.25) is 4.99 Å². The van der Waals surface area contributed by atoms with Crippen molar-refractivity contribution in [3.8, 4) is 11.1 Å². The number of aliphatic imine (C=N–C) groups is 1. The molecular formula is C17H14Cl2N2. The van der Waals surface area contributed by atoms with Gasteiger partial charge in [0.2, 0.25) is 0 Å². The minimum Gasteiger partial charge on any atom is -0.322 e. The van der Waals surface area contributed by atoms with E-state index in [0.717, 1.165) is 35.6 Å². The molecule has 0 spiro atoms. The minimum absolute atomic E-state index is 0.325. The summed E-state index contributed by atoms with van der Waals surface area (Å²) in [6, 6.07) is 12.5. The van der Waals surface area contributed by atoms with Crippen molar-refractivity contribution in [1.29, 1.82) is 0 Å². The van der Waals surface area contributed by atoms with Crippen LogP contribution in [0.2, 0.25) is 10.0 Å². The molecule has 2 aromatic carbocycles. The SMILES string of the molecule is CC[C@@H]1CN2C(=N1)c1ccccc1-c1cc(Cl)cc(Cl)c12. The normalized spacial score (nSPS) is 18.9. The van der Waals surface area contributed by atoms with E-state index in [2.05, 4.69) is 30.0 Å². The molecule has 0 aliphatic carbocycles. The fraction of sp³-hybridized carbons (Fsp3) is 0.235. The molecule has 0 bridgehead atoms. The molecule has 2 nitrogen and oxygen atoms in total. The lowest BCUT2D eigenvalue weighted by molar-refractivity contribution is 0.693. The van der Waals surface area contributed by atoms with Crippen LogP contribution in [0.25, 0.3) is 11.1 Å². The summed E-state index contributed by atoms with van der Waals surface area (Å²) in [5.74, 6) is 1.04. The van der Waals surface area contributed by atoms with Crippen molar-refractivity contribution in [1.82, 2.24) is 0 Å². The van der Waals surface area contributed by atoms with Crippen LogP contribution in [-0.2, 0) is 0 Å². The topological polar surface area (TPSA) is 15.6 Å². The summed E-state index contributed by atoms with van der Waals surface area (Å²) >= 11 is 12.7. The Morgan fingerprint density at radius 1 is 1.14 bits per heavy atom. The van der Waals surface area contributed by atoms with Crippen molar-refractivity contribution < 1.29 is 0 Å². The molecule has 0 fully saturated rings. The zero-order valence-electron chi connectivity index (χ0n) is 11.6. The predicted octanol–water partition coefficient (Wildman–Crippen LogP) is 5.02. The molecule has 0 aromatic heterocycles. The molecule has 106 valence electrons. The highest BCUT2D eigenvalue weighted by Crippen LogP contribution is 2.46. The van der Waals surface area contributed by atoms with Gasteiger partial charge in [0.15, 0.2) is 0 Å². The van der Waals surface area contributed by atoms with Crippen molar-refractivity contribution in [3.05, 3.63) is 52.0 Å². The van der Waals surface area contributed by atoms with Gasteiger partial charge in [0.05, 0.1) is 16.8 Å². The average molecular weight is 317 g/mol. The number of amidine groups is 1. The van der Waals surface area contributed by atoms with Gasteiger partial charge in [-0.05, 0) is 24.1 Å². The van der Waals surface area contributed by atoms with E-state index >= 15 is 0 Å². The van der Waals surface area contributed by atoms with Gasteiger partial charge in [0.25, 0.3) is 0 Å². The van der Waals surface area contributed by atoms with Crippen LogP contribution in [0.1, 0.15) is 18.9 Å². The predicted molar refractivity (Wildman–Crippen MR) is 89.9 cm³/mol. The maximum atomic E-state index is 6.49. The fourth-order valence-electron chi connectivity index (χ4n) is 3.17. The molecule has 0 unspecified atom stereocenters. The van der Waals surface area contributed by atoms with Crippen LogP contribution in [-0.4, -0.2) is 18.4 Å². The van der Waals surface area contributed by atoms with Crippen LogP contribution in [0.3, 0.4) is 0 Å². The Bertz CT molecular complexity index is 767. The number of anilines is 1. The van der Waals surface area contributed by atoms with Crippen LogP contribution >= 0.6 is 23.2 Å². The van der Waals surface area contributed by atoms with Gasteiger partial charge in [-0.15, -0.1) is 0 Å². The van der Waals surface area contributed by atoms with Crippen molar-refractivity contribution >= 4 is 34.7 Å². The molecule has 21 heavy (non-hydrogen) atoms. The molecule has 0 saturated carbocycles. The Balaban J connectivity index is 2.04. The molecule has 0 saturated heterocycles. The third kappa shape index (κ3) is 1.90. The second-order valence-corrected chi connectivity index (χ2v) is 6.30. The van der Waals surface area contributed by atoms with Gasteiger partial charge in [-0.25, -0.2) is 0 Å². The Morgan fingerprint density at radius 2 is 1.90 bits per heavy atom. The summed E-state index contributed by atoms with van der Waals surface area (Å²) < 4.78 is 0.